The molecular formula is C11H11FN2O6. The van der Waals surface area contributed by atoms with E-state index in [4.69, 9.17) is 5.11 Å². The van der Waals surface area contributed by atoms with Crippen LogP contribution in [-0.4, -0.2) is 41.7 Å². The summed E-state index contributed by atoms with van der Waals surface area (Å²) in [5.74, 6) is -3.08. The van der Waals surface area contributed by atoms with Gasteiger partial charge in [-0.1, -0.05) is 0 Å². The van der Waals surface area contributed by atoms with E-state index in [9.17, 15) is 24.1 Å². The van der Waals surface area contributed by atoms with Crippen LogP contribution in [0.3, 0.4) is 0 Å². The molecule has 1 amide bonds. The van der Waals surface area contributed by atoms with E-state index in [1.165, 1.54) is 0 Å². The summed E-state index contributed by atoms with van der Waals surface area (Å²) in [7, 11) is 1.13. The zero-order valence-electron chi connectivity index (χ0n) is 10.3. The molecule has 1 unspecified atom stereocenters. The van der Waals surface area contributed by atoms with Crippen LogP contribution in [0.2, 0.25) is 0 Å². The highest BCUT2D eigenvalue weighted by atomic mass is 19.1. The number of nitro benzene ring substituents is 1. The molecule has 1 atom stereocenters. The minimum Gasteiger partial charge on any atom is -0.479 e. The minimum absolute atomic E-state index is 0.404. The molecule has 108 valence electrons. The van der Waals surface area contributed by atoms with Crippen LogP contribution in [0.25, 0.3) is 0 Å². The third kappa shape index (κ3) is 3.72. The van der Waals surface area contributed by atoms with Crippen molar-refractivity contribution in [2.45, 2.75) is 6.10 Å². The van der Waals surface area contributed by atoms with Gasteiger partial charge in [0.25, 0.3) is 11.6 Å². The van der Waals surface area contributed by atoms with Crippen molar-refractivity contribution >= 4 is 17.6 Å². The van der Waals surface area contributed by atoms with Gasteiger partial charge in [-0.15, -0.1) is 0 Å². The highest BCUT2D eigenvalue weighted by Crippen LogP contribution is 2.19. The molecule has 1 rings (SSSR count). The monoisotopic (exact) mass is 286 g/mol. The predicted octanol–water partition coefficient (Wildman–Crippen LogP) is 0.563. The lowest BCUT2D eigenvalue weighted by Gasteiger charge is -2.11. The average molecular weight is 286 g/mol. The topological polar surface area (TPSA) is 119 Å². The number of nitro groups is 1. The number of hydrogen-bond donors (Lipinski definition) is 2. The summed E-state index contributed by atoms with van der Waals surface area (Å²) in [6.07, 6.45) is -1.30. The maximum atomic E-state index is 13.0. The molecule has 0 aliphatic heterocycles. The van der Waals surface area contributed by atoms with E-state index in [1.807, 2.05) is 0 Å². The molecule has 0 radical (unpaired) electrons. The molecule has 0 saturated carbocycles. The van der Waals surface area contributed by atoms with Crippen molar-refractivity contribution in [2.75, 3.05) is 13.7 Å². The number of aliphatic carboxylic acids is 1. The Morgan fingerprint density at radius 3 is 2.70 bits per heavy atom. The van der Waals surface area contributed by atoms with E-state index in [-0.39, 0.29) is 0 Å². The quantitative estimate of drug-likeness (QED) is 0.582. The molecule has 0 aliphatic carbocycles. The van der Waals surface area contributed by atoms with Crippen LogP contribution < -0.4 is 5.32 Å². The lowest BCUT2D eigenvalue weighted by Crippen LogP contribution is -2.38. The summed E-state index contributed by atoms with van der Waals surface area (Å²) in [6, 6.07) is 2.41. The SMILES string of the molecule is COC(CNC(=O)c1cc(F)ccc1[N+](=O)[O-])C(=O)O. The first-order chi connectivity index (χ1) is 9.36. The van der Waals surface area contributed by atoms with Crippen LogP contribution in [0, 0.1) is 15.9 Å². The number of carboxylic acid groups (broad SMARTS) is 1. The van der Waals surface area contributed by atoms with E-state index in [1.54, 1.807) is 0 Å². The zero-order chi connectivity index (χ0) is 15.3. The van der Waals surface area contributed by atoms with E-state index in [2.05, 4.69) is 10.1 Å². The molecule has 0 saturated heterocycles. The Kier molecular flexibility index (Phi) is 5.09. The number of methoxy groups -OCH3 is 1. The zero-order valence-corrected chi connectivity index (χ0v) is 10.3. The van der Waals surface area contributed by atoms with Gasteiger partial charge < -0.3 is 15.2 Å². The van der Waals surface area contributed by atoms with Gasteiger partial charge in [0, 0.05) is 13.2 Å². The molecule has 8 nitrogen and oxygen atoms in total. The van der Waals surface area contributed by atoms with E-state index in [0.717, 1.165) is 19.2 Å². The number of ether oxygens (including phenoxy) is 1. The summed E-state index contributed by atoms with van der Waals surface area (Å²) in [6.45, 7) is -0.404. The summed E-state index contributed by atoms with van der Waals surface area (Å²) >= 11 is 0. The molecule has 0 bridgehead atoms. The van der Waals surface area contributed by atoms with Gasteiger partial charge in [-0.2, -0.15) is 0 Å². The number of carbonyl (C=O) groups is 2. The number of rotatable bonds is 6. The fraction of sp³-hybridized carbons (Fsp3) is 0.273. The first-order valence-electron chi connectivity index (χ1n) is 5.34. The minimum atomic E-state index is -1.30. The van der Waals surface area contributed by atoms with Crippen molar-refractivity contribution in [1.82, 2.24) is 5.32 Å². The Hall–Kier alpha value is -2.55. The number of benzene rings is 1. The fourth-order valence-corrected chi connectivity index (χ4v) is 1.40. The predicted molar refractivity (Wildman–Crippen MR) is 63.8 cm³/mol. The molecule has 0 fully saturated rings. The molecule has 9 heteroatoms. The van der Waals surface area contributed by atoms with Crippen molar-refractivity contribution < 1.29 is 28.7 Å². The van der Waals surface area contributed by atoms with Crippen LogP contribution in [0.4, 0.5) is 10.1 Å². The van der Waals surface area contributed by atoms with Gasteiger partial charge in [0.05, 0.1) is 11.5 Å². The molecule has 20 heavy (non-hydrogen) atoms. The number of carboxylic acids is 1. The molecule has 1 aromatic carbocycles. The molecule has 0 heterocycles. The normalized spacial score (nSPS) is 11.7. The van der Waals surface area contributed by atoms with Crippen LogP contribution in [0.5, 0.6) is 0 Å². The van der Waals surface area contributed by atoms with Gasteiger partial charge in [0.1, 0.15) is 11.4 Å². The van der Waals surface area contributed by atoms with Crippen LogP contribution in [0.1, 0.15) is 10.4 Å². The Labute approximate surface area is 112 Å². The van der Waals surface area contributed by atoms with E-state index < -0.39 is 46.5 Å². The van der Waals surface area contributed by atoms with Gasteiger partial charge in [0.15, 0.2) is 6.10 Å². The second-order valence-electron chi connectivity index (χ2n) is 3.69. The van der Waals surface area contributed by atoms with Crippen molar-refractivity contribution in [3.8, 4) is 0 Å². The first-order valence-corrected chi connectivity index (χ1v) is 5.34. The average Bonchev–Trinajstić information content (AvgIpc) is 2.38. The van der Waals surface area contributed by atoms with Crippen LogP contribution in [0.15, 0.2) is 18.2 Å². The molecule has 2 N–H and O–H groups in total. The Morgan fingerprint density at radius 1 is 1.55 bits per heavy atom. The summed E-state index contributed by atoms with van der Waals surface area (Å²) < 4.78 is 17.6. The Balaban J connectivity index is 2.89. The van der Waals surface area contributed by atoms with Crippen LogP contribution in [-0.2, 0) is 9.53 Å². The molecule has 0 spiro atoms. The van der Waals surface area contributed by atoms with Gasteiger partial charge >= 0.3 is 5.97 Å². The standard InChI is InChI=1S/C11H11FN2O6/c1-20-9(11(16)17)5-13-10(15)7-4-6(12)2-3-8(7)14(18)19/h2-4,9H,5H2,1H3,(H,13,15)(H,16,17). The third-order valence-corrected chi connectivity index (χ3v) is 2.41. The van der Waals surface area contributed by atoms with Gasteiger partial charge in [-0.3, -0.25) is 14.9 Å². The number of amides is 1. The highest BCUT2D eigenvalue weighted by Gasteiger charge is 2.23. The van der Waals surface area contributed by atoms with Crippen LogP contribution >= 0.6 is 0 Å². The van der Waals surface area contributed by atoms with Gasteiger partial charge in [0.2, 0.25) is 0 Å². The number of nitrogens with one attached hydrogen (secondary N) is 1. The summed E-state index contributed by atoms with van der Waals surface area (Å²) in [4.78, 5) is 32.3. The maximum Gasteiger partial charge on any atom is 0.334 e. The molecular weight excluding hydrogens is 275 g/mol. The summed E-state index contributed by atoms with van der Waals surface area (Å²) in [5, 5.41) is 21.6. The van der Waals surface area contributed by atoms with Gasteiger partial charge in [-0.25, -0.2) is 9.18 Å². The van der Waals surface area contributed by atoms with E-state index >= 15 is 0 Å². The number of halogens is 1. The maximum absolute atomic E-state index is 13.0. The Morgan fingerprint density at radius 2 is 2.20 bits per heavy atom. The van der Waals surface area contributed by atoms with Crippen molar-refractivity contribution in [3.63, 3.8) is 0 Å². The lowest BCUT2D eigenvalue weighted by atomic mass is 10.1. The second-order valence-corrected chi connectivity index (χ2v) is 3.69. The molecule has 0 aromatic heterocycles. The van der Waals surface area contributed by atoms with Gasteiger partial charge in [-0.05, 0) is 12.1 Å². The van der Waals surface area contributed by atoms with Crippen molar-refractivity contribution in [2.24, 2.45) is 0 Å². The lowest BCUT2D eigenvalue weighted by molar-refractivity contribution is -0.385. The second kappa shape index (κ2) is 6.57. The van der Waals surface area contributed by atoms with Crippen molar-refractivity contribution in [1.29, 1.82) is 0 Å². The Bertz CT molecular complexity index is 548. The highest BCUT2D eigenvalue weighted by molar-refractivity contribution is 5.98. The molecule has 1 aromatic rings. The largest absolute Gasteiger partial charge is 0.479 e. The smallest absolute Gasteiger partial charge is 0.334 e. The number of nitrogens with zero attached hydrogens (tertiary/aromatic N) is 1. The third-order valence-electron chi connectivity index (χ3n) is 2.41. The van der Waals surface area contributed by atoms with E-state index in [0.29, 0.717) is 6.07 Å². The number of carbonyl (C=O) groups excluding carboxylic acids is 1. The fourth-order valence-electron chi connectivity index (χ4n) is 1.40. The van der Waals surface area contributed by atoms with Crippen molar-refractivity contribution in [3.05, 3.63) is 39.7 Å². The number of hydrogen-bond acceptors (Lipinski definition) is 5. The molecule has 0 aliphatic rings. The summed E-state index contributed by atoms with van der Waals surface area (Å²) in [5.41, 5.74) is -1.07. The first kappa shape index (κ1) is 15.5.